The average molecular weight is 247 g/mol. The molecule has 98 valence electrons. The zero-order valence-electron chi connectivity index (χ0n) is 11.5. The first-order valence-electron chi connectivity index (χ1n) is 6.19. The molecule has 1 aromatic carbocycles. The molecule has 0 radical (unpaired) electrons. The number of rotatable bonds is 4. The number of amides is 1. The lowest BCUT2D eigenvalue weighted by Gasteiger charge is -2.19. The van der Waals surface area contributed by atoms with Crippen LogP contribution in [0, 0.1) is 0 Å². The van der Waals surface area contributed by atoms with E-state index < -0.39 is 11.7 Å². The van der Waals surface area contributed by atoms with E-state index in [9.17, 15) is 9.59 Å². The monoisotopic (exact) mass is 247 g/mol. The van der Waals surface area contributed by atoms with Gasteiger partial charge in [-0.2, -0.15) is 0 Å². The van der Waals surface area contributed by atoms with Crippen LogP contribution in [0.25, 0.3) is 0 Å². The summed E-state index contributed by atoms with van der Waals surface area (Å²) in [6.45, 7) is 8.29. The van der Waals surface area contributed by atoms with Crippen molar-refractivity contribution < 1.29 is 9.59 Å². The Labute approximate surface area is 109 Å². The van der Waals surface area contributed by atoms with E-state index in [2.05, 4.69) is 50.4 Å². The van der Waals surface area contributed by atoms with Crippen LogP contribution < -0.4 is 5.32 Å². The van der Waals surface area contributed by atoms with Gasteiger partial charge in [0.15, 0.2) is 0 Å². The summed E-state index contributed by atoms with van der Waals surface area (Å²) >= 11 is 0. The van der Waals surface area contributed by atoms with E-state index in [0.29, 0.717) is 6.54 Å². The lowest BCUT2D eigenvalue weighted by atomic mass is 9.86. The quantitative estimate of drug-likeness (QED) is 0.829. The maximum atomic E-state index is 11.1. The van der Waals surface area contributed by atoms with Crippen LogP contribution in [0.2, 0.25) is 0 Å². The number of Topliss-reactive ketones (excluding diaryl/α,β-unsaturated/α-hetero) is 1. The minimum atomic E-state index is -0.513. The molecule has 1 amide bonds. The maximum absolute atomic E-state index is 11.1. The zero-order valence-corrected chi connectivity index (χ0v) is 11.5. The summed E-state index contributed by atoms with van der Waals surface area (Å²) in [7, 11) is 0. The molecule has 0 unspecified atom stereocenters. The Bertz CT molecular complexity index is 427. The van der Waals surface area contributed by atoms with Crippen molar-refractivity contribution in [1.82, 2.24) is 5.32 Å². The van der Waals surface area contributed by atoms with Gasteiger partial charge in [-0.05, 0) is 23.0 Å². The lowest BCUT2D eigenvalue weighted by molar-refractivity contribution is -0.136. The fourth-order valence-electron chi connectivity index (χ4n) is 1.62. The smallest absolute Gasteiger partial charge is 0.287 e. The molecule has 18 heavy (non-hydrogen) atoms. The Balaban J connectivity index is 2.50. The molecule has 0 spiro atoms. The molecule has 0 saturated carbocycles. The first kappa shape index (κ1) is 14.4. The number of ketones is 1. The maximum Gasteiger partial charge on any atom is 0.287 e. The second-order valence-electron chi connectivity index (χ2n) is 5.51. The molecule has 1 rings (SSSR count). The summed E-state index contributed by atoms with van der Waals surface area (Å²) in [6.07, 6.45) is 0.740. The highest BCUT2D eigenvalue weighted by Gasteiger charge is 2.12. The Kier molecular flexibility index (Phi) is 4.65. The zero-order chi connectivity index (χ0) is 13.8. The molecule has 3 heteroatoms. The molecule has 0 heterocycles. The normalized spacial score (nSPS) is 11.1. The van der Waals surface area contributed by atoms with Gasteiger partial charge in [0, 0.05) is 13.5 Å². The van der Waals surface area contributed by atoms with Crippen molar-refractivity contribution >= 4 is 11.7 Å². The summed E-state index contributed by atoms with van der Waals surface area (Å²) in [5, 5.41) is 2.59. The Morgan fingerprint density at radius 1 is 1.11 bits per heavy atom. The van der Waals surface area contributed by atoms with Crippen molar-refractivity contribution in [3.05, 3.63) is 35.4 Å². The molecule has 0 aliphatic heterocycles. The molecular formula is C15H21NO2. The molecule has 0 atom stereocenters. The van der Waals surface area contributed by atoms with Gasteiger partial charge < -0.3 is 5.32 Å². The van der Waals surface area contributed by atoms with Crippen molar-refractivity contribution in [3.8, 4) is 0 Å². The van der Waals surface area contributed by atoms with Gasteiger partial charge >= 0.3 is 0 Å². The van der Waals surface area contributed by atoms with Crippen molar-refractivity contribution in [2.45, 2.75) is 39.5 Å². The number of hydrogen-bond acceptors (Lipinski definition) is 2. The van der Waals surface area contributed by atoms with Crippen molar-refractivity contribution in [2.75, 3.05) is 6.54 Å². The molecule has 3 nitrogen and oxygen atoms in total. The largest absolute Gasteiger partial charge is 0.349 e. The second-order valence-corrected chi connectivity index (χ2v) is 5.51. The van der Waals surface area contributed by atoms with Crippen LogP contribution in [-0.2, 0) is 21.4 Å². The predicted molar refractivity (Wildman–Crippen MR) is 72.5 cm³/mol. The SMILES string of the molecule is CC(=O)C(=O)NCCc1ccc(C(C)(C)C)cc1. The molecule has 0 aliphatic carbocycles. The van der Waals surface area contributed by atoms with E-state index in [0.717, 1.165) is 12.0 Å². The van der Waals surface area contributed by atoms with E-state index in [1.807, 2.05) is 0 Å². The highest BCUT2D eigenvalue weighted by molar-refractivity contribution is 6.35. The minimum Gasteiger partial charge on any atom is -0.349 e. The van der Waals surface area contributed by atoms with Gasteiger partial charge in [-0.1, -0.05) is 45.0 Å². The van der Waals surface area contributed by atoms with Crippen molar-refractivity contribution in [3.63, 3.8) is 0 Å². The summed E-state index contributed by atoms with van der Waals surface area (Å²) in [5.41, 5.74) is 2.60. The van der Waals surface area contributed by atoms with Gasteiger partial charge in [0.25, 0.3) is 5.91 Å². The van der Waals surface area contributed by atoms with Crippen LogP contribution in [0.15, 0.2) is 24.3 Å². The van der Waals surface area contributed by atoms with Gasteiger partial charge in [-0.3, -0.25) is 9.59 Å². The van der Waals surface area contributed by atoms with Gasteiger partial charge in [-0.15, -0.1) is 0 Å². The molecule has 0 fully saturated rings. The van der Waals surface area contributed by atoms with Crippen LogP contribution in [0.1, 0.15) is 38.8 Å². The van der Waals surface area contributed by atoms with Crippen LogP contribution in [-0.4, -0.2) is 18.2 Å². The van der Waals surface area contributed by atoms with Crippen LogP contribution in [0.4, 0.5) is 0 Å². The topological polar surface area (TPSA) is 46.2 Å². The molecule has 1 N–H and O–H groups in total. The fourth-order valence-corrected chi connectivity index (χ4v) is 1.62. The van der Waals surface area contributed by atoms with E-state index in [4.69, 9.17) is 0 Å². The summed E-state index contributed by atoms with van der Waals surface area (Å²) in [6, 6.07) is 8.37. The van der Waals surface area contributed by atoms with Crippen LogP contribution in [0.5, 0.6) is 0 Å². The first-order valence-corrected chi connectivity index (χ1v) is 6.19. The lowest BCUT2D eigenvalue weighted by Crippen LogP contribution is -2.30. The highest BCUT2D eigenvalue weighted by atomic mass is 16.2. The summed E-state index contributed by atoms with van der Waals surface area (Å²) < 4.78 is 0. The van der Waals surface area contributed by atoms with E-state index >= 15 is 0 Å². The summed E-state index contributed by atoms with van der Waals surface area (Å²) in [5.74, 6) is -0.959. The van der Waals surface area contributed by atoms with Crippen LogP contribution in [0.3, 0.4) is 0 Å². The molecule has 0 aliphatic rings. The fraction of sp³-hybridized carbons (Fsp3) is 0.467. The van der Waals surface area contributed by atoms with E-state index in [-0.39, 0.29) is 5.41 Å². The molecule has 1 aromatic rings. The second kappa shape index (κ2) is 5.80. The van der Waals surface area contributed by atoms with Gasteiger partial charge in [0.2, 0.25) is 5.78 Å². The average Bonchev–Trinajstić information content (AvgIpc) is 2.28. The number of benzene rings is 1. The van der Waals surface area contributed by atoms with Crippen molar-refractivity contribution in [1.29, 1.82) is 0 Å². The highest BCUT2D eigenvalue weighted by Crippen LogP contribution is 2.22. The molecule has 0 saturated heterocycles. The third kappa shape index (κ3) is 4.32. The predicted octanol–water partition coefficient (Wildman–Crippen LogP) is 2.23. The standard InChI is InChI=1S/C15H21NO2/c1-11(17)14(18)16-10-9-12-5-7-13(8-6-12)15(2,3)4/h5-8H,9-10H2,1-4H3,(H,16,18). The van der Waals surface area contributed by atoms with Crippen molar-refractivity contribution in [2.24, 2.45) is 0 Å². The number of hydrogen-bond donors (Lipinski definition) is 1. The van der Waals surface area contributed by atoms with Gasteiger partial charge in [0.05, 0.1) is 0 Å². The number of carbonyl (C=O) groups is 2. The molecule has 0 aromatic heterocycles. The number of nitrogens with one attached hydrogen (secondary N) is 1. The minimum absolute atomic E-state index is 0.154. The Morgan fingerprint density at radius 3 is 2.11 bits per heavy atom. The molecular weight excluding hydrogens is 226 g/mol. The number of carbonyl (C=O) groups excluding carboxylic acids is 2. The van der Waals surface area contributed by atoms with Crippen LogP contribution >= 0.6 is 0 Å². The third-order valence-electron chi connectivity index (χ3n) is 2.84. The van der Waals surface area contributed by atoms with E-state index in [1.165, 1.54) is 12.5 Å². The summed E-state index contributed by atoms with van der Waals surface area (Å²) in [4.78, 5) is 21.8. The van der Waals surface area contributed by atoms with Gasteiger partial charge in [-0.25, -0.2) is 0 Å². The van der Waals surface area contributed by atoms with Gasteiger partial charge in [0.1, 0.15) is 0 Å². The first-order chi connectivity index (χ1) is 8.30. The molecule has 0 bridgehead atoms. The Hall–Kier alpha value is -1.64. The third-order valence-corrected chi connectivity index (χ3v) is 2.84. The van der Waals surface area contributed by atoms with E-state index in [1.54, 1.807) is 0 Å². The Morgan fingerprint density at radius 2 is 1.67 bits per heavy atom.